The Kier molecular flexibility index (Phi) is 5.62. The smallest absolute Gasteiger partial charge is 0.140 e. The molecule has 1 fully saturated rings. The van der Waals surface area contributed by atoms with E-state index in [0.717, 1.165) is 39.0 Å². The molecule has 2 aromatic heterocycles. The van der Waals surface area contributed by atoms with Crippen LogP contribution >= 0.6 is 0 Å². The van der Waals surface area contributed by atoms with E-state index in [-0.39, 0.29) is 12.1 Å². The zero-order valence-electron chi connectivity index (χ0n) is 27.1. The second kappa shape index (κ2) is 10.2. The van der Waals surface area contributed by atoms with Gasteiger partial charge in [0, 0.05) is 32.8 Å². The summed E-state index contributed by atoms with van der Waals surface area (Å²) in [5, 5.41) is 9.90. The maximum atomic E-state index is 6.67. The summed E-state index contributed by atoms with van der Waals surface area (Å²) in [6.45, 7) is 0. The van der Waals surface area contributed by atoms with Crippen molar-refractivity contribution >= 4 is 76.7 Å². The largest absolute Gasteiger partial charge is 0.456 e. The van der Waals surface area contributed by atoms with Crippen LogP contribution in [0.2, 0.25) is 0 Å². The maximum Gasteiger partial charge on any atom is 0.140 e. The molecule has 3 heterocycles. The van der Waals surface area contributed by atoms with E-state index in [1.165, 1.54) is 54.5 Å². The predicted molar refractivity (Wildman–Crippen MR) is 208 cm³/mol. The van der Waals surface area contributed by atoms with Gasteiger partial charge < -0.3 is 19.6 Å². The van der Waals surface area contributed by atoms with E-state index in [9.17, 15) is 0 Å². The van der Waals surface area contributed by atoms with Gasteiger partial charge in [0.1, 0.15) is 11.2 Å². The summed E-state index contributed by atoms with van der Waals surface area (Å²) in [6, 6.07) is 58.8. The SMILES string of the molecule is Nc1ccccc1N1C(c2cccc3c2oc2ccccc23)[C@H]1c1cccc(-n2c3ccc4ccccc4c3c3c4ccccc4ccc32)c1. The molecule has 1 unspecified atom stereocenters. The van der Waals surface area contributed by atoms with Gasteiger partial charge in [-0.1, -0.05) is 121 Å². The highest BCUT2D eigenvalue weighted by molar-refractivity contribution is 6.28. The topological polar surface area (TPSA) is 47.1 Å². The van der Waals surface area contributed by atoms with Gasteiger partial charge in [0.25, 0.3) is 0 Å². The Morgan fingerprint density at radius 1 is 0.500 bits per heavy atom. The molecule has 0 amide bonds. The van der Waals surface area contributed by atoms with Crippen LogP contribution in [-0.2, 0) is 0 Å². The summed E-state index contributed by atoms with van der Waals surface area (Å²) < 4.78 is 9.02. The zero-order chi connectivity index (χ0) is 32.9. The first-order valence-electron chi connectivity index (χ1n) is 17.2. The molecule has 2 atom stereocenters. The van der Waals surface area contributed by atoms with E-state index in [4.69, 9.17) is 10.2 Å². The number of para-hydroxylation sites is 4. The van der Waals surface area contributed by atoms with E-state index in [2.05, 4.69) is 155 Å². The minimum atomic E-state index is 0.0604. The highest BCUT2D eigenvalue weighted by Gasteiger charge is 2.51. The minimum Gasteiger partial charge on any atom is -0.456 e. The molecule has 0 radical (unpaired) electrons. The number of aromatic nitrogens is 1. The normalized spacial score (nSPS) is 16.0. The molecule has 1 aliphatic heterocycles. The standard InChI is InChI=1S/C46H31N3O/c47-37-20-6-7-21-38(37)49-44(45(49)36-19-10-18-35-34-17-5-8-22-41(34)50-46(35)36)30-13-9-14-31(27-30)48-39-25-23-28-11-1-3-15-32(28)42(39)43-33-16-4-2-12-29(33)24-26-40(43)48/h1-27,44-45H,47H2/t44-,45?,49?/m1/s1. The molecule has 4 heteroatoms. The fraction of sp³-hybridized carbons (Fsp3) is 0.0435. The molecule has 236 valence electrons. The quantitative estimate of drug-likeness (QED) is 0.154. The predicted octanol–water partition coefficient (Wildman–Crippen LogP) is 11.9. The van der Waals surface area contributed by atoms with Crippen molar-refractivity contribution in [2.45, 2.75) is 12.1 Å². The number of benzene rings is 8. The lowest BCUT2D eigenvalue weighted by Crippen LogP contribution is -2.01. The molecule has 50 heavy (non-hydrogen) atoms. The van der Waals surface area contributed by atoms with Crippen molar-refractivity contribution in [2.75, 3.05) is 10.6 Å². The molecule has 0 saturated carbocycles. The third kappa shape index (κ3) is 3.81. The number of fused-ring (bicyclic) bond motifs is 10. The van der Waals surface area contributed by atoms with Crippen molar-refractivity contribution in [3.8, 4) is 5.69 Å². The first-order chi connectivity index (χ1) is 24.7. The Hall–Kier alpha value is -6.52. The second-order valence-electron chi connectivity index (χ2n) is 13.5. The van der Waals surface area contributed by atoms with Crippen LogP contribution in [0.1, 0.15) is 23.2 Å². The Morgan fingerprint density at radius 3 is 1.86 bits per heavy atom. The number of rotatable bonds is 4. The van der Waals surface area contributed by atoms with Crippen molar-refractivity contribution in [3.05, 3.63) is 175 Å². The molecule has 8 aromatic carbocycles. The van der Waals surface area contributed by atoms with E-state index >= 15 is 0 Å². The number of hydrogen-bond donors (Lipinski definition) is 1. The van der Waals surface area contributed by atoms with Crippen molar-refractivity contribution in [1.82, 2.24) is 4.57 Å². The number of nitrogens with zero attached hydrogens (tertiary/aromatic N) is 2. The van der Waals surface area contributed by atoms with Crippen molar-refractivity contribution in [2.24, 2.45) is 0 Å². The molecule has 4 nitrogen and oxygen atoms in total. The highest BCUT2D eigenvalue weighted by Crippen LogP contribution is 2.60. The Morgan fingerprint density at radius 2 is 1.12 bits per heavy atom. The van der Waals surface area contributed by atoms with Crippen LogP contribution in [0.4, 0.5) is 11.4 Å². The van der Waals surface area contributed by atoms with Gasteiger partial charge in [-0.2, -0.15) is 0 Å². The third-order valence-electron chi connectivity index (χ3n) is 10.8. The summed E-state index contributed by atoms with van der Waals surface area (Å²) in [7, 11) is 0. The first kappa shape index (κ1) is 27.4. The number of nitrogen functional groups attached to an aromatic ring is 1. The van der Waals surface area contributed by atoms with Crippen LogP contribution in [0.15, 0.2) is 168 Å². The lowest BCUT2D eigenvalue weighted by atomic mass is 10.00. The van der Waals surface area contributed by atoms with Gasteiger partial charge in [-0.15, -0.1) is 0 Å². The van der Waals surface area contributed by atoms with Crippen LogP contribution in [0.3, 0.4) is 0 Å². The Bertz CT molecular complexity index is 2890. The molecular formula is C46H31N3O. The third-order valence-corrected chi connectivity index (χ3v) is 10.8. The fourth-order valence-electron chi connectivity index (χ4n) is 8.59. The van der Waals surface area contributed by atoms with Gasteiger partial charge in [0.15, 0.2) is 0 Å². The molecular weight excluding hydrogens is 611 g/mol. The van der Waals surface area contributed by atoms with Crippen molar-refractivity contribution < 1.29 is 4.42 Å². The monoisotopic (exact) mass is 641 g/mol. The van der Waals surface area contributed by atoms with Crippen molar-refractivity contribution in [3.63, 3.8) is 0 Å². The number of anilines is 2. The van der Waals surface area contributed by atoms with Gasteiger partial charge in [-0.25, -0.2) is 0 Å². The van der Waals surface area contributed by atoms with Crippen LogP contribution in [0.5, 0.6) is 0 Å². The average molecular weight is 642 g/mol. The minimum absolute atomic E-state index is 0.0604. The molecule has 11 rings (SSSR count). The number of nitrogens with two attached hydrogens (primary N) is 1. The van der Waals surface area contributed by atoms with Gasteiger partial charge in [-0.05, 0) is 69.6 Å². The summed E-state index contributed by atoms with van der Waals surface area (Å²) in [5.41, 5.74) is 16.3. The zero-order valence-corrected chi connectivity index (χ0v) is 27.1. The van der Waals surface area contributed by atoms with E-state index in [1.54, 1.807) is 0 Å². The molecule has 0 aliphatic carbocycles. The van der Waals surface area contributed by atoms with Crippen LogP contribution in [-0.4, -0.2) is 4.57 Å². The number of furan rings is 1. The molecule has 10 aromatic rings. The number of hydrogen-bond acceptors (Lipinski definition) is 3. The Labute approximate surface area is 288 Å². The average Bonchev–Trinajstić information content (AvgIpc) is 3.62. The summed E-state index contributed by atoms with van der Waals surface area (Å²) >= 11 is 0. The van der Waals surface area contributed by atoms with Gasteiger partial charge in [-0.3, -0.25) is 0 Å². The molecule has 0 bridgehead atoms. The van der Waals surface area contributed by atoms with E-state index in [1.807, 2.05) is 18.2 Å². The lowest BCUT2D eigenvalue weighted by molar-refractivity contribution is 0.662. The van der Waals surface area contributed by atoms with Crippen LogP contribution in [0, 0.1) is 0 Å². The van der Waals surface area contributed by atoms with E-state index < -0.39 is 0 Å². The van der Waals surface area contributed by atoms with Gasteiger partial charge in [0.05, 0.1) is 34.5 Å². The molecule has 1 saturated heterocycles. The van der Waals surface area contributed by atoms with Crippen LogP contribution in [0.25, 0.3) is 71.0 Å². The van der Waals surface area contributed by atoms with Crippen LogP contribution < -0.4 is 10.6 Å². The van der Waals surface area contributed by atoms with E-state index in [0.29, 0.717) is 0 Å². The van der Waals surface area contributed by atoms with Crippen molar-refractivity contribution in [1.29, 1.82) is 0 Å². The Balaban J connectivity index is 1.14. The van der Waals surface area contributed by atoms with Gasteiger partial charge in [0.2, 0.25) is 0 Å². The fourth-order valence-corrected chi connectivity index (χ4v) is 8.59. The summed E-state index contributed by atoms with van der Waals surface area (Å²) in [6.07, 6.45) is 0. The summed E-state index contributed by atoms with van der Waals surface area (Å²) in [4.78, 5) is 2.45. The summed E-state index contributed by atoms with van der Waals surface area (Å²) in [5.74, 6) is 0. The van der Waals surface area contributed by atoms with Gasteiger partial charge >= 0.3 is 0 Å². The maximum absolute atomic E-state index is 6.67. The molecule has 1 aliphatic rings. The molecule has 0 spiro atoms. The highest BCUT2D eigenvalue weighted by atomic mass is 16.3. The first-order valence-corrected chi connectivity index (χ1v) is 17.2. The lowest BCUT2D eigenvalue weighted by Gasteiger charge is -2.12. The molecule has 2 N–H and O–H groups in total. The second-order valence-corrected chi connectivity index (χ2v) is 13.5.